The zero-order chi connectivity index (χ0) is 17.6. The fourth-order valence-electron chi connectivity index (χ4n) is 2.04. The highest BCUT2D eigenvalue weighted by Gasteiger charge is 2.10. The molecule has 5 nitrogen and oxygen atoms in total. The van der Waals surface area contributed by atoms with Crippen molar-refractivity contribution >= 4 is 38.3 Å². The molecule has 0 aliphatic heterocycles. The summed E-state index contributed by atoms with van der Waals surface area (Å²) in [6.07, 6.45) is 0.660. The van der Waals surface area contributed by atoms with E-state index in [2.05, 4.69) is 31.4 Å². The molecule has 0 saturated heterocycles. The second kappa shape index (κ2) is 8.17. The molecule has 0 unspecified atom stereocenters. The normalized spacial score (nSPS) is 10.5. The van der Waals surface area contributed by atoms with Crippen molar-refractivity contribution in [3.05, 3.63) is 69.4 Å². The minimum atomic E-state index is -0.386. The minimum absolute atomic E-state index is 0.210. The molecule has 0 atom stereocenters. The first-order valence-electron chi connectivity index (χ1n) is 7.34. The Morgan fingerprint density at radius 2 is 2.00 bits per heavy atom. The van der Waals surface area contributed by atoms with Crippen molar-refractivity contribution in [2.75, 3.05) is 11.9 Å². The first-order valence-corrected chi connectivity index (χ1v) is 8.95. The highest BCUT2D eigenvalue weighted by atomic mass is 79.9. The Hall–Kier alpha value is -2.32. The molecule has 1 N–H and O–H groups in total. The van der Waals surface area contributed by atoms with Gasteiger partial charge in [0.15, 0.2) is 6.61 Å². The number of carbonyl (C=O) groups excluding carboxylic acids is 1. The average molecular weight is 422 g/mol. The third-order valence-electron chi connectivity index (χ3n) is 3.16. The summed E-state index contributed by atoms with van der Waals surface area (Å²) in [5.74, 6) is -0.360. The highest BCUT2D eigenvalue weighted by molar-refractivity contribution is 9.10. The summed E-state index contributed by atoms with van der Waals surface area (Å²) in [4.78, 5) is 11.9. The van der Waals surface area contributed by atoms with E-state index in [1.165, 1.54) is 29.5 Å². The molecule has 0 spiro atoms. The van der Waals surface area contributed by atoms with Crippen molar-refractivity contribution in [2.24, 2.45) is 0 Å². The molecule has 1 heterocycles. The van der Waals surface area contributed by atoms with Gasteiger partial charge >= 0.3 is 0 Å². The van der Waals surface area contributed by atoms with Gasteiger partial charge in [0.25, 0.3) is 5.91 Å². The molecular weight excluding hydrogens is 409 g/mol. The van der Waals surface area contributed by atoms with Crippen LogP contribution in [0, 0.1) is 5.82 Å². The number of ether oxygens (including phenoxy) is 1. The van der Waals surface area contributed by atoms with Crippen molar-refractivity contribution < 1.29 is 13.9 Å². The number of halogens is 2. The van der Waals surface area contributed by atoms with E-state index in [4.69, 9.17) is 4.74 Å². The molecule has 1 aromatic heterocycles. The number of anilines is 1. The number of hydrogen-bond donors (Lipinski definition) is 1. The second-order valence-electron chi connectivity index (χ2n) is 5.07. The van der Waals surface area contributed by atoms with Gasteiger partial charge in [-0.15, -0.1) is 10.2 Å². The van der Waals surface area contributed by atoms with Gasteiger partial charge in [0.1, 0.15) is 16.6 Å². The lowest BCUT2D eigenvalue weighted by Crippen LogP contribution is -2.20. The number of benzene rings is 2. The lowest BCUT2D eigenvalue weighted by Gasteiger charge is -2.07. The van der Waals surface area contributed by atoms with Gasteiger partial charge in [-0.3, -0.25) is 10.1 Å². The maximum Gasteiger partial charge on any atom is 0.264 e. The molecule has 3 aromatic rings. The maximum atomic E-state index is 13.0. The molecule has 2 aromatic carbocycles. The maximum absolute atomic E-state index is 13.0. The number of rotatable bonds is 6. The quantitative estimate of drug-likeness (QED) is 0.651. The van der Waals surface area contributed by atoms with Gasteiger partial charge in [0.2, 0.25) is 5.13 Å². The number of nitrogens with zero attached hydrogens (tertiary/aromatic N) is 2. The number of nitrogens with one attached hydrogen (secondary N) is 1. The number of carbonyl (C=O) groups is 1. The van der Waals surface area contributed by atoms with Crippen molar-refractivity contribution in [1.82, 2.24) is 10.2 Å². The van der Waals surface area contributed by atoms with E-state index in [0.717, 1.165) is 10.6 Å². The van der Waals surface area contributed by atoms with Crippen LogP contribution in [0.4, 0.5) is 9.52 Å². The van der Waals surface area contributed by atoms with Crippen LogP contribution in [0.25, 0.3) is 0 Å². The molecule has 1 amide bonds. The molecule has 8 heteroatoms. The summed E-state index contributed by atoms with van der Waals surface area (Å²) >= 11 is 4.50. The summed E-state index contributed by atoms with van der Waals surface area (Å²) < 4.78 is 18.8. The third-order valence-corrected chi connectivity index (χ3v) is 4.62. The summed E-state index contributed by atoms with van der Waals surface area (Å²) in [7, 11) is 0. The predicted molar refractivity (Wildman–Crippen MR) is 97.4 cm³/mol. The number of hydrogen-bond acceptors (Lipinski definition) is 5. The van der Waals surface area contributed by atoms with Gasteiger partial charge in [0.05, 0.1) is 4.47 Å². The molecule has 3 rings (SSSR count). The summed E-state index contributed by atoms with van der Waals surface area (Å²) in [5.41, 5.74) is 1.13. The molecule has 0 radical (unpaired) electrons. The van der Waals surface area contributed by atoms with Gasteiger partial charge in [-0.1, -0.05) is 41.7 Å². The fraction of sp³-hybridized carbons (Fsp3) is 0.118. The molecule has 0 aliphatic rings. The smallest absolute Gasteiger partial charge is 0.264 e. The Morgan fingerprint density at radius 3 is 2.76 bits per heavy atom. The van der Waals surface area contributed by atoms with Crippen LogP contribution in [0.5, 0.6) is 5.75 Å². The summed E-state index contributed by atoms with van der Waals surface area (Å²) in [6, 6.07) is 13.9. The van der Waals surface area contributed by atoms with Crippen molar-refractivity contribution in [1.29, 1.82) is 0 Å². The van der Waals surface area contributed by atoms with Crippen LogP contribution in [-0.4, -0.2) is 22.7 Å². The molecule has 0 aliphatic carbocycles. The van der Waals surface area contributed by atoms with Crippen LogP contribution < -0.4 is 10.1 Å². The second-order valence-corrected chi connectivity index (χ2v) is 6.99. The Morgan fingerprint density at radius 1 is 1.20 bits per heavy atom. The zero-order valence-corrected chi connectivity index (χ0v) is 15.3. The predicted octanol–water partition coefficient (Wildman–Crippen LogP) is 4.05. The molecular formula is C17H13BrFN3O2S. The molecule has 0 saturated carbocycles. The monoisotopic (exact) mass is 421 g/mol. The molecule has 0 fully saturated rings. The molecule has 128 valence electrons. The Balaban J connectivity index is 1.53. The van der Waals surface area contributed by atoms with E-state index in [-0.39, 0.29) is 18.3 Å². The number of amides is 1. The molecule has 25 heavy (non-hydrogen) atoms. The van der Waals surface area contributed by atoms with Crippen LogP contribution in [0.2, 0.25) is 0 Å². The number of aromatic nitrogens is 2. The van der Waals surface area contributed by atoms with E-state index in [1.807, 2.05) is 30.3 Å². The minimum Gasteiger partial charge on any atom is -0.483 e. The highest BCUT2D eigenvalue weighted by Crippen LogP contribution is 2.25. The van der Waals surface area contributed by atoms with Gasteiger partial charge in [0, 0.05) is 6.42 Å². The lowest BCUT2D eigenvalue weighted by atomic mass is 10.2. The Kier molecular flexibility index (Phi) is 5.72. The van der Waals surface area contributed by atoms with Crippen LogP contribution in [0.1, 0.15) is 10.6 Å². The standard InChI is InChI=1S/C17H13BrFN3O2S/c18-13-9-12(19)6-7-14(13)24-10-15(23)20-17-22-21-16(25-17)8-11-4-2-1-3-5-11/h1-7,9H,8,10H2,(H,20,22,23). The van der Waals surface area contributed by atoms with Crippen LogP contribution in [-0.2, 0) is 11.2 Å². The van der Waals surface area contributed by atoms with Gasteiger partial charge < -0.3 is 4.74 Å². The topological polar surface area (TPSA) is 64.1 Å². The zero-order valence-electron chi connectivity index (χ0n) is 12.9. The largest absolute Gasteiger partial charge is 0.483 e. The van der Waals surface area contributed by atoms with Crippen molar-refractivity contribution in [3.63, 3.8) is 0 Å². The van der Waals surface area contributed by atoms with Crippen LogP contribution in [0.3, 0.4) is 0 Å². The van der Waals surface area contributed by atoms with Crippen LogP contribution in [0.15, 0.2) is 53.0 Å². The SMILES string of the molecule is O=C(COc1ccc(F)cc1Br)Nc1nnc(Cc2ccccc2)s1. The van der Waals surface area contributed by atoms with Gasteiger partial charge in [-0.25, -0.2) is 4.39 Å². The first kappa shape index (κ1) is 17.5. The first-order chi connectivity index (χ1) is 12.1. The fourth-order valence-corrected chi connectivity index (χ4v) is 3.29. The van der Waals surface area contributed by atoms with E-state index < -0.39 is 0 Å². The third kappa shape index (κ3) is 5.07. The van der Waals surface area contributed by atoms with Gasteiger partial charge in [-0.2, -0.15) is 0 Å². The van der Waals surface area contributed by atoms with Crippen molar-refractivity contribution in [3.8, 4) is 5.75 Å². The Bertz CT molecular complexity index is 873. The van der Waals surface area contributed by atoms with Crippen LogP contribution >= 0.6 is 27.3 Å². The lowest BCUT2D eigenvalue weighted by molar-refractivity contribution is -0.118. The van der Waals surface area contributed by atoms with Gasteiger partial charge in [-0.05, 0) is 39.7 Å². The average Bonchev–Trinajstić information content (AvgIpc) is 3.02. The van der Waals surface area contributed by atoms with Crippen molar-refractivity contribution in [2.45, 2.75) is 6.42 Å². The van der Waals surface area contributed by atoms with E-state index in [0.29, 0.717) is 21.8 Å². The van der Waals surface area contributed by atoms with E-state index in [1.54, 1.807) is 0 Å². The molecule has 0 bridgehead atoms. The summed E-state index contributed by atoms with van der Waals surface area (Å²) in [6.45, 7) is -0.210. The van der Waals surface area contributed by atoms with E-state index in [9.17, 15) is 9.18 Å². The summed E-state index contributed by atoms with van der Waals surface area (Å²) in [5, 5.41) is 11.9. The van der Waals surface area contributed by atoms with E-state index >= 15 is 0 Å². The Labute approximate surface area is 156 Å².